The molecule has 0 radical (unpaired) electrons. The van der Waals surface area contributed by atoms with E-state index in [2.05, 4.69) is 20.6 Å². The topological polar surface area (TPSA) is 126 Å². The summed E-state index contributed by atoms with van der Waals surface area (Å²) in [6.45, 7) is 0.235. The fourth-order valence-corrected chi connectivity index (χ4v) is 5.33. The summed E-state index contributed by atoms with van der Waals surface area (Å²) in [6, 6.07) is 22.3. The molecule has 4 aromatic heterocycles. The number of aromatic nitrogens is 4. The molecule has 0 fully saturated rings. The molecule has 0 spiro atoms. The van der Waals surface area contributed by atoms with Crippen molar-refractivity contribution in [2.24, 2.45) is 0 Å². The lowest BCUT2D eigenvalue weighted by Gasteiger charge is -2.11. The average Bonchev–Trinajstić information content (AvgIpc) is 3.83. The third-order valence-electron chi connectivity index (χ3n) is 6.69. The Bertz CT molecular complexity index is 2050. The second-order valence-electron chi connectivity index (χ2n) is 9.45. The monoisotopic (exact) mass is 593 g/mol. The van der Waals surface area contributed by atoms with Gasteiger partial charge in [-0.1, -0.05) is 47.6 Å². The molecule has 7 rings (SSSR count). The number of fused-ring (bicyclic) bond motifs is 2. The molecule has 3 aromatic carbocycles. The summed E-state index contributed by atoms with van der Waals surface area (Å²) >= 11 is 1.34. The molecule has 7 aromatic rings. The van der Waals surface area contributed by atoms with E-state index in [1.807, 2.05) is 66.7 Å². The molecule has 43 heavy (non-hydrogen) atoms. The molecule has 12 heteroatoms. The van der Waals surface area contributed by atoms with E-state index in [1.165, 1.54) is 17.5 Å². The number of rotatable bonds is 9. The van der Waals surface area contributed by atoms with Crippen molar-refractivity contribution in [2.75, 3.05) is 19.5 Å². The van der Waals surface area contributed by atoms with Gasteiger partial charge in [0.25, 0.3) is 11.1 Å². The van der Waals surface area contributed by atoms with Crippen molar-refractivity contribution in [3.63, 3.8) is 0 Å². The summed E-state index contributed by atoms with van der Waals surface area (Å²) in [5.74, 6) is 1.82. The van der Waals surface area contributed by atoms with Gasteiger partial charge < -0.3 is 28.5 Å². The highest BCUT2D eigenvalue weighted by molar-refractivity contribution is 7.18. The molecule has 4 heterocycles. The van der Waals surface area contributed by atoms with Crippen LogP contribution in [0.15, 0.2) is 94.1 Å². The first kappa shape index (κ1) is 26.3. The minimum Gasteiger partial charge on any atom is -0.496 e. The fraction of sp³-hybridized carbons (Fsp3) is 0.0968. The predicted octanol–water partition coefficient (Wildman–Crippen LogP) is 6.71. The predicted molar refractivity (Wildman–Crippen MR) is 160 cm³/mol. The molecule has 11 nitrogen and oxygen atoms in total. The molecular formula is C31H23N5O6S. The van der Waals surface area contributed by atoms with Crippen LogP contribution in [0.5, 0.6) is 16.7 Å². The first-order valence-electron chi connectivity index (χ1n) is 13.1. The number of nitrogens with zero attached hydrogens (tertiary/aromatic N) is 4. The Morgan fingerprint density at radius 3 is 2.72 bits per heavy atom. The van der Waals surface area contributed by atoms with Gasteiger partial charge in [-0.25, -0.2) is 9.50 Å². The lowest BCUT2D eigenvalue weighted by molar-refractivity contribution is 0.102. The van der Waals surface area contributed by atoms with Crippen LogP contribution in [0.2, 0.25) is 0 Å². The van der Waals surface area contributed by atoms with Crippen molar-refractivity contribution < 1.29 is 27.9 Å². The highest BCUT2D eigenvalue weighted by Crippen LogP contribution is 2.37. The molecule has 214 valence electrons. The van der Waals surface area contributed by atoms with Gasteiger partial charge in [0.2, 0.25) is 4.96 Å². The Morgan fingerprint density at radius 2 is 1.91 bits per heavy atom. The quantitative estimate of drug-likeness (QED) is 0.194. The number of benzene rings is 3. The maximum absolute atomic E-state index is 13.1. The number of imidazole rings is 1. The van der Waals surface area contributed by atoms with Crippen LogP contribution < -0.4 is 19.5 Å². The smallest absolute Gasteiger partial charge is 0.294 e. The number of amides is 1. The van der Waals surface area contributed by atoms with E-state index in [0.717, 1.165) is 16.5 Å². The van der Waals surface area contributed by atoms with Crippen LogP contribution in [-0.4, -0.2) is 39.9 Å². The zero-order valence-electron chi connectivity index (χ0n) is 22.9. The summed E-state index contributed by atoms with van der Waals surface area (Å²) in [7, 11) is 3.16. The first-order chi connectivity index (χ1) is 21.1. The third kappa shape index (κ3) is 5.15. The number of nitrogens with one attached hydrogen (secondary N) is 1. The van der Waals surface area contributed by atoms with E-state index >= 15 is 0 Å². The molecule has 1 amide bonds. The van der Waals surface area contributed by atoms with E-state index in [0.29, 0.717) is 55.7 Å². The van der Waals surface area contributed by atoms with Gasteiger partial charge in [0.1, 0.15) is 34.9 Å². The van der Waals surface area contributed by atoms with Crippen LogP contribution in [0.1, 0.15) is 15.9 Å². The maximum atomic E-state index is 13.1. The molecule has 0 unspecified atom stereocenters. The largest absolute Gasteiger partial charge is 0.496 e. The van der Waals surface area contributed by atoms with Crippen LogP contribution >= 0.6 is 11.3 Å². The molecule has 0 aliphatic heterocycles. The van der Waals surface area contributed by atoms with Crippen molar-refractivity contribution in [3.8, 4) is 39.5 Å². The van der Waals surface area contributed by atoms with Gasteiger partial charge in [-0.05, 0) is 35.1 Å². The van der Waals surface area contributed by atoms with Crippen molar-refractivity contribution in [2.45, 2.75) is 6.61 Å². The third-order valence-corrected chi connectivity index (χ3v) is 7.57. The lowest BCUT2D eigenvalue weighted by Crippen LogP contribution is -2.12. The Morgan fingerprint density at radius 1 is 1.02 bits per heavy atom. The molecule has 0 saturated heterocycles. The molecule has 0 atom stereocenters. The first-order valence-corrected chi connectivity index (χ1v) is 13.9. The zero-order chi connectivity index (χ0) is 29.3. The van der Waals surface area contributed by atoms with Gasteiger partial charge >= 0.3 is 0 Å². The van der Waals surface area contributed by atoms with Crippen LogP contribution in [0, 0.1) is 0 Å². The van der Waals surface area contributed by atoms with E-state index < -0.39 is 0 Å². The summed E-state index contributed by atoms with van der Waals surface area (Å²) < 4.78 is 30.1. The number of hydrogen-bond donors (Lipinski definition) is 1. The van der Waals surface area contributed by atoms with Crippen molar-refractivity contribution >= 4 is 38.9 Å². The van der Waals surface area contributed by atoms with Crippen molar-refractivity contribution in [1.29, 1.82) is 0 Å². The standard InChI is InChI=1S/C31H23N5O6S/c1-38-21-12-25(22-14-27(41-26(22)13-21)24-16-36-30(34-24)43-31(35-36)39-2)40-17-18-7-6-10-20(11-18)33-29(37)23-15-32-42-28(23)19-8-4-3-5-9-19/h3-16H,17H2,1-2H3,(H,33,37). The highest BCUT2D eigenvalue weighted by atomic mass is 32.1. The van der Waals surface area contributed by atoms with Crippen LogP contribution in [-0.2, 0) is 6.61 Å². The number of carbonyl (C=O) groups is 1. The second-order valence-corrected chi connectivity index (χ2v) is 10.4. The molecule has 0 aliphatic rings. The summed E-state index contributed by atoms with van der Waals surface area (Å²) in [5.41, 5.74) is 3.79. The summed E-state index contributed by atoms with van der Waals surface area (Å²) in [4.78, 5) is 18.4. The number of furan rings is 1. The van der Waals surface area contributed by atoms with Crippen molar-refractivity contribution in [3.05, 3.63) is 96.3 Å². The van der Waals surface area contributed by atoms with Gasteiger partial charge in [-0.3, -0.25) is 4.79 Å². The van der Waals surface area contributed by atoms with E-state index in [4.69, 9.17) is 23.2 Å². The summed E-state index contributed by atoms with van der Waals surface area (Å²) in [6.07, 6.45) is 3.20. The summed E-state index contributed by atoms with van der Waals surface area (Å²) in [5, 5.41) is 12.4. The van der Waals surface area contributed by atoms with E-state index in [-0.39, 0.29) is 12.5 Å². The fourth-order valence-electron chi connectivity index (χ4n) is 4.63. The molecule has 1 N–H and O–H groups in total. The normalized spacial score (nSPS) is 11.2. The Balaban J connectivity index is 1.10. The number of hydrogen-bond acceptors (Lipinski definition) is 10. The SMILES string of the molecule is COc1cc(OCc2cccc(NC(=O)c3cnoc3-c3ccccc3)c2)c2cc(-c3cn4nc(OC)sc4n3)oc2c1. The van der Waals surface area contributed by atoms with Gasteiger partial charge in [0.15, 0.2) is 11.5 Å². The average molecular weight is 594 g/mol. The second kappa shape index (κ2) is 11.0. The van der Waals surface area contributed by atoms with Crippen LogP contribution in [0.3, 0.4) is 0 Å². The van der Waals surface area contributed by atoms with E-state index in [9.17, 15) is 4.79 Å². The maximum Gasteiger partial charge on any atom is 0.294 e. The highest BCUT2D eigenvalue weighted by Gasteiger charge is 2.19. The van der Waals surface area contributed by atoms with Gasteiger partial charge in [0, 0.05) is 23.4 Å². The number of carbonyl (C=O) groups excluding carboxylic acids is 1. The number of methoxy groups -OCH3 is 2. The van der Waals surface area contributed by atoms with Crippen LogP contribution in [0.25, 0.3) is 38.7 Å². The molecular weight excluding hydrogens is 570 g/mol. The van der Waals surface area contributed by atoms with Gasteiger partial charge in [-0.15, -0.1) is 5.10 Å². The number of ether oxygens (including phenoxy) is 3. The van der Waals surface area contributed by atoms with Gasteiger partial charge in [-0.2, -0.15) is 0 Å². The zero-order valence-corrected chi connectivity index (χ0v) is 23.8. The molecule has 0 aliphatic carbocycles. The minimum absolute atomic E-state index is 0.235. The van der Waals surface area contributed by atoms with Gasteiger partial charge in [0.05, 0.1) is 32.0 Å². The molecule has 0 saturated carbocycles. The lowest BCUT2D eigenvalue weighted by atomic mass is 10.1. The Kier molecular flexibility index (Phi) is 6.72. The minimum atomic E-state index is -0.327. The Labute approximate surface area is 248 Å². The van der Waals surface area contributed by atoms with Crippen LogP contribution in [0.4, 0.5) is 5.69 Å². The van der Waals surface area contributed by atoms with E-state index in [1.54, 1.807) is 31.0 Å². The van der Waals surface area contributed by atoms with Crippen molar-refractivity contribution in [1.82, 2.24) is 19.8 Å². The number of anilines is 1. The Hall–Kier alpha value is -5.62. The molecule has 0 bridgehead atoms.